The summed E-state index contributed by atoms with van der Waals surface area (Å²) in [6, 6.07) is 0.210. The van der Waals surface area contributed by atoms with Crippen LogP contribution in [0.1, 0.15) is 20.3 Å². The van der Waals surface area contributed by atoms with Crippen molar-refractivity contribution in [1.29, 1.82) is 0 Å². The van der Waals surface area contributed by atoms with Gasteiger partial charge in [0.25, 0.3) is 0 Å². The molecule has 1 aromatic heterocycles. The molecule has 0 aliphatic carbocycles. The Morgan fingerprint density at radius 3 is 2.59 bits per heavy atom. The fraction of sp³-hybridized carbons (Fsp3) is 0.700. The van der Waals surface area contributed by atoms with E-state index in [0.717, 1.165) is 13.0 Å². The van der Waals surface area contributed by atoms with Crippen LogP contribution in [0.25, 0.3) is 0 Å². The molecule has 0 spiro atoms. The molecule has 0 fully saturated rings. The molecular weight excluding hydrogens is 244 g/mol. The highest BCUT2D eigenvalue weighted by Crippen LogP contribution is 2.15. The first-order valence-electron chi connectivity index (χ1n) is 5.61. The fourth-order valence-corrected chi connectivity index (χ4v) is 1.51. The van der Waals surface area contributed by atoms with Gasteiger partial charge >= 0.3 is 6.01 Å². The predicted octanol–water partition coefficient (Wildman–Crippen LogP) is 1.13. The van der Waals surface area contributed by atoms with Crippen LogP contribution in [0.5, 0.6) is 6.01 Å². The first-order valence-corrected chi connectivity index (χ1v) is 5.99. The second-order valence-corrected chi connectivity index (χ2v) is 3.67. The maximum absolute atomic E-state index is 8.99. The van der Waals surface area contributed by atoms with Crippen LogP contribution in [-0.2, 0) is 0 Å². The maximum atomic E-state index is 8.99. The number of ether oxygens (including phenoxy) is 1. The number of aromatic nitrogens is 3. The van der Waals surface area contributed by atoms with Crippen molar-refractivity contribution in [2.45, 2.75) is 20.3 Å². The maximum Gasteiger partial charge on any atom is 0.322 e. The monoisotopic (exact) mass is 260 g/mol. The highest BCUT2D eigenvalue weighted by atomic mass is 35.5. The molecular formula is C10H17ClN4O2. The number of rotatable bonds is 7. The molecule has 1 heterocycles. The molecule has 96 valence electrons. The van der Waals surface area contributed by atoms with E-state index in [-0.39, 0.29) is 17.9 Å². The number of nitrogens with zero attached hydrogens (tertiary/aromatic N) is 4. The Balaban J connectivity index is 2.92. The normalized spacial score (nSPS) is 10.4. The van der Waals surface area contributed by atoms with E-state index >= 15 is 0 Å². The van der Waals surface area contributed by atoms with Gasteiger partial charge in [0.1, 0.15) is 0 Å². The lowest BCUT2D eigenvalue weighted by atomic mass is 10.4. The van der Waals surface area contributed by atoms with Crippen molar-refractivity contribution in [3.05, 3.63) is 5.28 Å². The van der Waals surface area contributed by atoms with Crippen LogP contribution in [0.2, 0.25) is 5.28 Å². The summed E-state index contributed by atoms with van der Waals surface area (Å²) in [5.74, 6) is 0.435. The summed E-state index contributed by atoms with van der Waals surface area (Å²) in [5, 5.41) is 9.08. The molecule has 0 bridgehead atoms. The SMILES string of the molecule is CCCN(CCO)c1nc(Cl)nc(OCC)n1. The Bertz CT molecular complexity index is 345. The zero-order chi connectivity index (χ0) is 12.7. The molecule has 0 radical (unpaired) electrons. The molecule has 0 aromatic carbocycles. The number of hydrogen-bond donors (Lipinski definition) is 1. The van der Waals surface area contributed by atoms with Gasteiger partial charge in [-0.25, -0.2) is 0 Å². The minimum absolute atomic E-state index is 0.0350. The summed E-state index contributed by atoms with van der Waals surface area (Å²) in [5.41, 5.74) is 0. The van der Waals surface area contributed by atoms with E-state index in [4.69, 9.17) is 21.4 Å². The van der Waals surface area contributed by atoms with Gasteiger partial charge in [-0.05, 0) is 24.9 Å². The van der Waals surface area contributed by atoms with Gasteiger partial charge in [0.05, 0.1) is 13.2 Å². The molecule has 6 nitrogen and oxygen atoms in total. The van der Waals surface area contributed by atoms with Crippen molar-refractivity contribution < 1.29 is 9.84 Å². The Kier molecular flexibility index (Phi) is 5.93. The van der Waals surface area contributed by atoms with Crippen molar-refractivity contribution in [2.75, 3.05) is 31.2 Å². The molecule has 1 aromatic rings. The van der Waals surface area contributed by atoms with Crippen molar-refractivity contribution in [2.24, 2.45) is 0 Å². The zero-order valence-corrected chi connectivity index (χ0v) is 10.8. The largest absolute Gasteiger partial charge is 0.464 e. The summed E-state index contributed by atoms with van der Waals surface area (Å²) in [6.45, 7) is 5.58. The molecule has 0 atom stereocenters. The van der Waals surface area contributed by atoms with Crippen LogP contribution in [0.15, 0.2) is 0 Å². The van der Waals surface area contributed by atoms with Crippen LogP contribution in [0.3, 0.4) is 0 Å². The highest BCUT2D eigenvalue weighted by Gasteiger charge is 2.12. The fourth-order valence-electron chi connectivity index (χ4n) is 1.36. The third-order valence-electron chi connectivity index (χ3n) is 2.00. The van der Waals surface area contributed by atoms with Crippen molar-refractivity contribution in [1.82, 2.24) is 15.0 Å². The van der Waals surface area contributed by atoms with E-state index in [2.05, 4.69) is 15.0 Å². The smallest absolute Gasteiger partial charge is 0.322 e. The second kappa shape index (κ2) is 7.24. The number of hydrogen-bond acceptors (Lipinski definition) is 6. The molecule has 0 aliphatic heterocycles. The molecule has 0 saturated carbocycles. The van der Waals surface area contributed by atoms with Gasteiger partial charge in [-0.3, -0.25) is 0 Å². The van der Waals surface area contributed by atoms with E-state index in [0.29, 0.717) is 19.1 Å². The van der Waals surface area contributed by atoms with Crippen LogP contribution in [-0.4, -0.2) is 46.4 Å². The number of halogens is 1. The third-order valence-corrected chi connectivity index (χ3v) is 2.16. The number of aliphatic hydroxyl groups is 1. The Morgan fingerprint density at radius 1 is 1.24 bits per heavy atom. The van der Waals surface area contributed by atoms with Crippen LogP contribution >= 0.6 is 11.6 Å². The molecule has 1 rings (SSSR count). The van der Waals surface area contributed by atoms with Crippen LogP contribution in [0.4, 0.5) is 5.95 Å². The summed E-state index contributed by atoms with van der Waals surface area (Å²) in [7, 11) is 0. The lowest BCUT2D eigenvalue weighted by Gasteiger charge is -2.20. The van der Waals surface area contributed by atoms with E-state index in [9.17, 15) is 0 Å². The third kappa shape index (κ3) is 4.32. The molecule has 0 saturated heterocycles. The Labute approximate surface area is 106 Å². The van der Waals surface area contributed by atoms with Crippen molar-refractivity contribution in [3.63, 3.8) is 0 Å². The number of aliphatic hydroxyl groups excluding tert-OH is 1. The Hall–Kier alpha value is -1.14. The summed E-state index contributed by atoms with van der Waals surface area (Å²) >= 11 is 5.80. The first kappa shape index (κ1) is 13.9. The molecule has 7 heteroatoms. The van der Waals surface area contributed by atoms with Gasteiger partial charge in [0, 0.05) is 13.1 Å². The molecule has 0 amide bonds. The molecule has 17 heavy (non-hydrogen) atoms. The number of anilines is 1. The molecule has 0 unspecified atom stereocenters. The standard InChI is InChI=1S/C10H17ClN4O2/c1-3-5-15(6-7-16)9-12-8(11)13-10(14-9)17-4-2/h16H,3-7H2,1-2H3. The van der Waals surface area contributed by atoms with Crippen molar-refractivity contribution >= 4 is 17.5 Å². The van der Waals surface area contributed by atoms with E-state index in [1.54, 1.807) is 0 Å². The molecule has 0 aliphatic rings. The van der Waals surface area contributed by atoms with Gasteiger partial charge in [0.15, 0.2) is 0 Å². The summed E-state index contributed by atoms with van der Waals surface area (Å²) in [4.78, 5) is 13.9. The average molecular weight is 261 g/mol. The second-order valence-electron chi connectivity index (χ2n) is 3.33. The van der Waals surface area contributed by atoms with E-state index < -0.39 is 0 Å². The summed E-state index contributed by atoms with van der Waals surface area (Å²) < 4.78 is 5.20. The topological polar surface area (TPSA) is 71.4 Å². The minimum Gasteiger partial charge on any atom is -0.464 e. The lowest BCUT2D eigenvalue weighted by Crippen LogP contribution is -2.29. The molecule has 1 N–H and O–H groups in total. The van der Waals surface area contributed by atoms with Gasteiger partial charge in [-0.1, -0.05) is 6.92 Å². The van der Waals surface area contributed by atoms with Gasteiger partial charge in [-0.2, -0.15) is 15.0 Å². The van der Waals surface area contributed by atoms with Gasteiger partial charge in [0.2, 0.25) is 11.2 Å². The van der Waals surface area contributed by atoms with Crippen LogP contribution < -0.4 is 9.64 Å². The lowest BCUT2D eigenvalue weighted by molar-refractivity contribution is 0.298. The summed E-state index contributed by atoms with van der Waals surface area (Å²) in [6.07, 6.45) is 0.924. The Morgan fingerprint density at radius 2 is 2.00 bits per heavy atom. The van der Waals surface area contributed by atoms with E-state index in [1.165, 1.54) is 0 Å². The predicted molar refractivity (Wildman–Crippen MR) is 65.6 cm³/mol. The van der Waals surface area contributed by atoms with E-state index in [1.807, 2.05) is 18.7 Å². The highest BCUT2D eigenvalue weighted by molar-refractivity contribution is 6.28. The zero-order valence-electron chi connectivity index (χ0n) is 10.1. The first-order chi connectivity index (χ1) is 8.21. The average Bonchev–Trinajstić information content (AvgIpc) is 2.28. The van der Waals surface area contributed by atoms with Gasteiger partial charge in [-0.15, -0.1) is 0 Å². The van der Waals surface area contributed by atoms with Crippen LogP contribution in [0, 0.1) is 0 Å². The quantitative estimate of drug-likeness (QED) is 0.793. The minimum atomic E-state index is 0.0350. The van der Waals surface area contributed by atoms with Gasteiger partial charge < -0.3 is 14.7 Å². The van der Waals surface area contributed by atoms with Crippen molar-refractivity contribution in [3.8, 4) is 6.01 Å².